The van der Waals surface area contributed by atoms with Gasteiger partial charge in [0.2, 0.25) is 0 Å². The maximum atomic E-state index is 12.4. The van der Waals surface area contributed by atoms with E-state index in [0.717, 1.165) is 33.9 Å². The van der Waals surface area contributed by atoms with Crippen LogP contribution in [-0.4, -0.2) is 20.9 Å². The fourth-order valence-corrected chi connectivity index (χ4v) is 3.67. The predicted octanol–water partition coefficient (Wildman–Crippen LogP) is 4.75. The van der Waals surface area contributed by atoms with E-state index in [9.17, 15) is 4.79 Å². The van der Waals surface area contributed by atoms with E-state index in [2.05, 4.69) is 27.6 Å². The fourth-order valence-electron chi connectivity index (χ4n) is 2.85. The Morgan fingerprint density at radius 1 is 1.07 bits per heavy atom. The molecule has 1 aromatic carbocycles. The van der Waals surface area contributed by atoms with Crippen LogP contribution in [-0.2, 0) is 6.42 Å². The summed E-state index contributed by atoms with van der Waals surface area (Å²) in [5.74, 6) is -0.148. The van der Waals surface area contributed by atoms with Crippen LogP contribution in [0.5, 0.6) is 0 Å². The second-order valence-electron chi connectivity index (χ2n) is 6.38. The minimum Gasteiger partial charge on any atom is -0.322 e. The summed E-state index contributed by atoms with van der Waals surface area (Å²) in [5.41, 5.74) is 5.61. The molecular formula is C22H18N4OS. The molecule has 0 saturated carbocycles. The molecule has 0 atom stereocenters. The largest absolute Gasteiger partial charge is 0.322 e. The van der Waals surface area contributed by atoms with Gasteiger partial charge in [-0.15, -0.1) is 11.3 Å². The van der Waals surface area contributed by atoms with Crippen LogP contribution in [0.15, 0.2) is 72.6 Å². The highest BCUT2D eigenvalue weighted by molar-refractivity contribution is 7.10. The normalized spacial score (nSPS) is 10.6. The van der Waals surface area contributed by atoms with Gasteiger partial charge in [0.15, 0.2) is 0 Å². The van der Waals surface area contributed by atoms with Gasteiger partial charge in [0.1, 0.15) is 0 Å². The summed E-state index contributed by atoms with van der Waals surface area (Å²) in [6.07, 6.45) is 7.51. The molecule has 0 spiro atoms. The maximum Gasteiger partial charge on any atom is 0.255 e. The van der Waals surface area contributed by atoms with E-state index in [1.807, 2.05) is 36.5 Å². The molecule has 28 heavy (non-hydrogen) atoms. The molecule has 0 saturated heterocycles. The van der Waals surface area contributed by atoms with Crippen LogP contribution in [0.25, 0.3) is 11.3 Å². The van der Waals surface area contributed by atoms with Crippen LogP contribution in [0.3, 0.4) is 0 Å². The number of amides is 1. The number of aryl methyl sites for hydroxylation is 1. The lowest BCUT2D eigenvalue weighted by molar-refractivity contribution is 0.102. The molecule has 1 N–H and O–H groups in total. The number of nitrogens with zero attached hydrogens (tertiary/aromatic N) is 3. The molecule has 4 aromatic rings. The van der Waals surface area contributed by atoms with Crippen molar-refractivity contribution in [1.29, 1.82) is 0 Å². The van der Waals surface area contributed by atoms with Crippen molar-refractivity contribution >= 4 is 22.9 Å². The third-order valence-electron chi connectivity index (χ3n) is 4.40. The molecule has 5 nitrogen and oxygen atoms in total. The molecule has 0 aliphatic rings. The standard InChI is InChI=1S/C22H18N4OS/c1-15-4-5-19(25-22(27)16-6-9-23-10-7-16)11-18(15)12-21-26-20(14-28-21)17-3-2-8-24-13-17/h2-11,13-14H,12H2,1H3,(H,25,27). The van der Waals surface area contributed by atoms with Crippen LogP contribution in [0.4, 0.5) is 5.69 Å². The molecule has 138 valence electrons. The molecule has 3 heterocycles. The number of anilines is 1. The highest BCUT2D eigenvalue weighted by atomic mass is 32.1. The topological polar surface area (TPSA) is 67.8 Å². The Balaban J connectivity index is 1.52. The van der Waals surface area contributed by atoms with E-state index < -0.39 is 0 Å². The molecule has 0 fully saturated rings. The van der Waals surface area contributed by atoms with Gasteiger partial charge < -0.3 is 5.32 Å². The highest BCUT2D eigenvalue weighted by Crippen LogP contribution is 2.25. The van der Waals surface area contributed by atoms with Gasteiger partial charge in [-0.25, -0.2) is 4.98 Å². The second-order valence-corrected chi connectivity index (χ2v) is 7.32. The quantitative estimate of drug-likeness (QED) is 0.537. The van der Waals surface area contributed by atoms with Gasteiger partial charge in [0, 0.05) is 53.4 Å². The smallest absolute Gasteiger partial charge is 0.255 e. The molecule has 0 radical (unpaired) electrons. The lowest BCUT2D eigenvalue weighted by Gasteiger charge is -2.09. The van der Waals surface area contributed by atoms with Crippen molar-refractivity contribution < 1.29 is 4.79 Å². The van der Waals surface area contributed by atoms with Gasteiger partial charge >= 0.3 is 0 Å². The predicted molar refractivity (Wildman–Crippen MR) is 112 cm³/mol. The van der Waals surface area contributed by atoms with Crippen molar-refractivity contribution in [1.82, 2.24) is 15.0 Å². The average Bonchev–Trinajstić information content (AvgIpc) is 3.20. The number of hydrogen-bond donors (Lipinski definition) is 1. The number of benzene rings is 1. The summed E-state index contributed by atoms with van der Waals surface area (Å²) in [4.78, 5) is 25.2. The van der Waals surface area contributed by atoms with Crippen LogP contribution < -0.4 is 5.32 Å². The summed E-state index contributed by atoms with van der Waals surface area (Å²) in [6, 6.07) is 13.3. The van der Waals surface area contributed by atoms with Crippen LogP contribution >= 0.6 is 11.3 Å². The van der Waals surface area contributed by atoms with Crippen LogP contribution in [0.2, 0.25) is 0 Å². The SMILES string of the molecule is Cc1ccc(NC(=O)c2ccncc2)cc1Cc1nc(-c2cccnc2)cs1. The molecule has 0 bridgehead atoms. The Bertz CT molecular complexity index is 1090. The third-order valence-corrected chi connectivity index (χ3v) is 5.25. The Morgan fingerprint density at radius 2 is 1.93 bits per heavy atom. The van der Waals surface area contributed by atoms with E-state index in [1.165, 1.54) is 5.56 Å². The molecule has 0 aliphatic carbocycles. The maximum absolute atomic E-state index is 12.4. The Kier molecular flexibility index (Phi) is 5.21. The molecule has 4 rings (SSSR count). The number of hydrogen-bond acceptors (Lipinski definition) is 5. The number of carbonyl (C=O) groups is 1. The highest BCUT2D eigenvalue weighted by Gasteiger charge is 2.10. The molecular weight excluding hydrogens is 368 g/mol. The van der Waals surface area contributed by atoms with Crippen LogP contribution in [0, 0.1) is 6.92 Å². The molecule has 1 amide bonds. The monoisotopic (exact) mass is 386 g/mol. The van der Waals surface area contributed by atoms with Crippen LogP contribution in [0.1, 0.15) is 26.5 Å². The first kappa shape index (κ1) is 18.0. The van der Waals surface area contributed by atoms with E-state index in [4.69, 9.17) is 4.98 Å². The first-order chi connectivity index (χ1) is 13.7. The first-order valence-corrected chi connectivity index (χ1v) is 9.73. The summed E-state index contributed by atoms with van der Waals surface area (Å²) in [6.45, 7) is 2.07. The number of thiazole rings is 1. The summed E-state index contributed by atoms with van der Waals surface area (Å²) in [5, 5.41) is 6.03. The zero-order valence-electron chi connectivity index (χ0n) is 15.3. The fraction of sp³-hybridized carbons (Fsp3) is 0.0909. The number of nitrogens with one attached hydrogen (secondary N) is 1. The number of carbonyl (C=O) groups excluding carboxylic acids is 1. The van der Waals surface area contributed by atoms with E-state index in [1.54, 1.807) is 42.1 Å². The molecule has 0 unspecified atom stereocenters. The van der Waals surface area contributed by atoms with E-state index in [0.29, 0.717) is 5.56 Å². The second kappa shape index (κ2) is 8.10. The molecule has 3 aromatic heterocycles. The molecule has 6 heteroatoms. The Morgan fingerprint density at radius 3 is 2.71 bits per heavy atom. The van der Waals surface area contributed by atoms with E-state index in [-0.39, 0.29) is 5.91 Å². The Hall–Kier alpha value is -3.38. The minimum absolute atomic E-state index is 0.148. The van der Waals surface area contributed by atoms with Crippen molar-refractivity contribution in [2.24, 2.45) is 0 Å². The molecule has 0 aliphatic heterocycles. The third kappa shape index (κ3) is 4.13. The lowest BCUT2D eigenvalue weighted by atomic mass is 10.0. The Labute approximate surface area is 167 Å². The first-order valence-electron chi connectivity index (χ1n) is 8.85. The lowest BCUT2D eigenvalue weighted by Crippen LogP contribution is -2.12. The zero-order valence-corrected chi connectivity index (χ0v) is 16.1. The van der Waals surface area contributed by atoms with Gasteiger partial charge in [-0.1, -0.05) is 6.07 Å². The number of rotatable bonds is 5. The summed E-state index contributed by atoms with van der Waals surface area (Å²) >= 11 is 1.63. The average molecular weight is 386 g/mol. The van der Waals surface area contributed by atoms with Crippen molar-refractivity contribution in [3.8, 4) is 11.3 Å². The van der Waals surface area contributed by atoms with Crippen molar-refractivity contribution in [2.75, 3.05) is 5.32 Å². The number of aromatic nitrogens is 3. The van der Waals surface area contributed by atoms with Gasteiger partial charge in [0.05, 0.1) is 10.7 Å². The van der Waals surface area contributed by atoms with Gasteiger partial charge in [0.25, 0.3) is 5.91 Å². The number of pyridine rings is 2. The van der Waals surface area contributed by atoms with Crippen molar-refractivity contribution in [3.05, 3.63) is 94.3 Å². The van der Waals surface area contributed by atoms with Gasteiger partial charge in [-0.2, -0.15) is 0 Å². The van der Waals surface area contributed by atoms with E-state index >= 15 is 0 Å². The summed E-state index contributed by atoms with van der Waals surface area (Å²) < 4.78 is 0. The zero-order chi connectivity index (χ0) is 19.3. The minimum atomic E-state index is -0.148. The van der Waals surface area contributed by atoms with Gasteiger partial charge in [-0.05, 0) is 54.4 Å². The van der Waals surface area contributed by atoms with Crippen molar-refractivity contribution in [2.45, 2.75) is 13.3 Å². The summed E-state index contributed by atoms with van der Waals surface area (Å²) in [7, 11) is 0. The van der Waals surface area contributed by atoms with Crippen molar-refractivity contribution in [3.63, 3.8) is 0 Å². The van der Waals surface area contributed by atoms with Gasteiger partial charge in [-0.3, -0.25) is 14.8 Å².